The number of guanidine groups is 1. The smallest absolute Gasteiger partial charge is 0.193 e. The zero-order valence-corrected chi connectivity index (χ0v) is 18.2. The summed E-state index contributed by atoms with van der Waals surface area (Å²) in [7, 11) is 0. The quantitative estimate of drug-likeness (QED) is 0.443. The molecule has 2 fully saturated rings. The van der Waals surface area contributed by atoms with Crippen molar-refractivity contribution in [2.75, 3.05) is 45.8 Å². The summed E-state index contributed by atoms with van der Waals surface area (Å²) < 4.78 is 2.26. The van der Waals surface area contributed by atoms with Crippen LogP contribution in [-0.2, 0) is 0 Å². The molecule has 2 saturated heterocycles. The van der Waals surface area contributed by atoms with E-state index in [0.717, 1.165) is 38.1 Å². The molecule has 2 atom stereocenters. The lowest BCUT2D eigenvalue weighted by Crippen LogP contribution is -2.49. The highest BCUT2D eigenvalue weighted by molar-refractivity contribution is 5.80. The summed E-state index contributed by atoms with van der Waals surface area (Å²) in [5, 5.41) is 3.52. The van der Waals surface area contributed by atoms with Crippen LogP contribution in [-0.4, -0.2) is 71.1 Å². The summed E-state index contributed by atoms with van der Waals surface area (Å²) in [6.07, 6.45) is 12.3. The van der Waals surface area contributed by atoms with E-state index >= 15 is 0 Å². The minimum absolute atomic E-state index is 0.474. The van der Waals surface area contributed by atoms with Crippen molar-refractivity contribution in [2.45, 2.75) is 58.9 Å². The molecule has 3 heterocycles. The van der Waals surface area contributed by atoms with Crippen molar-refractivity contribution in [3.8, 4) is 0 Å². The summed E-state index contributed by atoms with van der Waals surface area (Å²) in [5.74, 6) is 2.67. The number of aromatic nitrogens is 2. The second-order valence-electron chi connectivity index (χ2n) is 8.76. The first-order chi connectivity index (χ1) is 13.7. The van der Waals surface area contributed by atoms with Gasteiger partial charge < -0.3 is 19.7 Å². The first-order valence-electron chi connectivity index (χ1n) is 11.4. The van der Waals surface area contributed by atoms with Gasteiger partial charge in [0.15, 0.2) is 5.96 Å². The highest BCUT2D eigenvalue weighted by Gasteiger charge is 2.28. The van der Waals surface area contributed by atoms with E-state index in [0.29, 0.717) is 12.0 Å². The fraction of sp³-hybridized carbons (Fsp3) is 0.818. The Kier molecular flexibility index (Phi) is 8.19. The minimum atomic E-state index is 0.474. The molecular formula is C22H40N6. The van der Waals surface area contributed by atoms with Crippen LogP contribution in [0.1, 0.15) is 58.9 Å². The van der Waals surface area contributed by atoms with Crippen LogP contribution in [0, 0.1) is 11.8 Å². The minimum Gasteiger partial charge on any atom is -0.357 e. The molecule has 2 aliphatic rings. The molecule has 3 rings (SSSR count). The number of nitrogens with zero attached hydrogens (tertiary/aromatic N) is 5. The van der Waals surface area contributed by atoms with Crippen molar-refractivity contribution >= 4 is 5.96 Å². The first kappa shape index (κ1) is 21.2. The van der Waals surface area contributed by atoms with Gasteiger partial charge in [0.2, 0.25) is 0 Å². The molecule has 2 unspecified atom stereocenters. The van der Waals surface area contributed by atoms with Crippen molar-refractivity contribution < 1.29 is 0 Å². The molecule has 1 N–H and O–H groups in total. The normalized spacial score (nSPS) is 25.2. The van der Waals surface area contributed by atoms with E-state index in [-0.39, 0.29) is 0 Å². The number of imidazole rings is 1. The summed E-state index contributed by atoms with van der Waals surface area (Å²) in [6.45, 7) is 14.7. The Morgan fingerprint density at radius 2 is 1.96 bits per heavy atom. The van der Waals surface area contributed by atoms with Gasteiger partial charge in [-0.2, -0.15) is 0 Å². The summed E-state index contributed by atoms with van der Waals surface area (Å²) in [6, 6.07) is 0.474. The van der Waals surface area contributed by atoms with E-state index in [1.165, 1.54) is 51.7 Å². The molecule has 1 aromatic rings. The van der Waals surface area contributed by atoms with Gasteiger partial charge in [-0.05, 0) is 70.5 Å². The summed E-state index contributed by atoms with van der Waals surface area (Å²) in [5.41, 5.74) is 0. The topological polar surface area (TPSA) is 48.7 Å². The van der Waals surface area contributed by atoms with Crippen LogP contribution in [0.3, 0.4) is 0 Å². The van der Waals surface area contributed by atoms with Crippen LogP contribution < -0.4 is 5.32 Å². The van der Waals surface area contributed by atoms with Crippen LogP contribution in [0.25, 0.3) is 0 Å². The number of likely N-dealkylation sites (tertiary alicyclic amines) is 2. The number of hydrogen-bond donors (Lipinski definition) is 1. The standard InChI is InChI=1S/C22H40N6/c1-4-24-22(25-10-5-6-12-26-13-7-19(2)8-14-26)27-15-9-20(3)21(17-27)28-16-11-23-18-28/h11,16,18-21H,4-10,12-15,17H2,1-3H3,(H,24,25). The third-order valence-electron chi connectivity index (χ3n) is 6.48. The van der Waals surface area contributed by atoms with Gasteiger partial charge in [-0.1, -0.05) is 13.8 Å². The molecule has 0 amide bonds. The lowest BCUT2D eigenvalue weighted by molar-refractivity contribution is 0.187. The fourth-order valence-electron chi connectivity index (χ4n) is 4.44. The van der Waals surface area contributed by atoms with Gasteiger partial charge >= 0.3 is 0 Å². The van der Waals surface area contributed by atoms with Crippen molar-refractivity contribution in [3.05, 3.63) is 18.7 Å². The molecule has 0 aromatic carbocycles. The molecule has 0 bridgehead atoms. The maximum Gasteiger partial charge on any atom is 0.193 e. The van der Waals surface area contributed by atoms with Gasteiger partial charge in [0.05, 0.1) is 12.4 Å². The largest absolute Gasteiger partial charge is 0.357 e. The maximum atomic E-state index is 4.96. The van der Waals surface area contributed by atoms with Crippen molar-refractivity contribution in [3.63, 3.8) is 0 Å². The number of rotatable bonds is 7. The molecule has 0 spiro atoms. The highest BCUT2D eigenvalue weighted by atomic mass is 15.3. The van der Waals surface area contributed by atoms with Crippen LogP contribution >= 0.6 is 0 Å². The predicted molar refractivity (Wildman–Crippen MR) is 117 cm³/mol. The van der Waals surface area contributed by atoms with Gasteiger partial charge in [-0.15, -0.1) is 0 Å². The summed E-state index contributed by atoms with van der Waals surface area (Å²) in [4.78, 5) is 14.3. The second kappa shape index (κ2) is 10.8. The van der Waals surface area contributed by atoms with E-state index in [1.807, 2.05) is 12.5 Å². The Morgan fingerprint density at radius 1 is 1.14 bits per heavy atom. The third kappa shape index (κ3) is 5.97. The molecule has 158 valence electrons. The average molecular weight is 389 g/mol. The fourth-order valence-corrected chi connectivity index (χ4v) is 4.44. The second-order valence-corrected chi connectivity index (χ2v) is 8.76. The Bertz CT molecular complexity index is 576. The Morgan fingerprint density at radius 3 is 2.68 bits per heavy atom. The van der Waals surface area contributed by atoms with Gasteiger partial charge in [0.25, 0.3) is 0 Å². The number of nitrogens with one attached hydrogen (secondary N) is 1. The molecule has 0 aliphatic carbocycles. The lowest BCUT2D eigenvalue weighted by Gasteiger charge is -2.39. The van der Waals surface area contributed by atoms with Crippen LogP contribution in [0.2, 0.25) is 0 Å². The maximum absolute atomic E-state index is 4.96. The van der Waals surface area contributed by atoms with Gasteiger partial charge in [0, 0.05) is 38.6 Å². The number of hydrogen-bond acceptors (Lipinski definition) is 3. The van der Waals surface area contributed by atoms with E-state index in [2.05, 4.69) is 51.6 Å². The molecule has 28 heavy (non-hydrogen) atoms. The summed E-state index contributed by atoms with van der Waals surface area (Å²) >= 11 is 0. The molecular weight excluding hydrogens is 348 g/mol. The number of aliphatic imine (C=N–C) groups is 1. The third-order valence-corrected chi connectivity index (χ3v) is 6.48. The molecule has 1 aromatic heterocycles. The average Bonchev–Trinajstić information content (AvgIpc) is 3.23. The van der Waals surface area contributed by atoms with Crippen molar-refractivity contribution in [1.82, 2.24) is 24.7 Å². The predicted octanol–water partition coefficient (Wildman–Crippen LogP) is 3.24. The van der Waals surface area contributed by atoms with E-state index in [4.69, 9.17) is 4.99 Å². The first-order valence-corrected chi connectivity index (χ1v) is 11.4. The van der Waals surface area contributed by atoms with Crippen LogP contribution in [0.15, 0.2) is 23.7 Å². The number of piperidine rings is 2. The van der Waals surface area contributed by atoms with Gasteiger partial charge in [-0.3, -0.25) is 4.99 Å². The Balaban J connectivity index is 1.46. The molecule has 2 aliphatic heterocycles. The van der Waals surface area contributed by atoms with E-state index < -0.39 is 0 Å². The van der Waals surface area contributed by atoms with Crippen LogP contribution in [0.5, 0.6) is 0 Å². The molecule has 6 heteroatoms. The monoisotopic (exact) mass is 388 g/mol. The Labute approximate surface area is 171 Å². The van der Waals surface area contributed by atoms with Gasteiger partial charge in [0.1, 0.15) is 0 Å². The van der Waals surface area contributed by atoms with Crippen molar-refractivity contribution in [1.29, 1.82) is 0 Å². The molecule has 6 nitrogen and oxygen atoms in total. The molecule has 0 saturated carbocycles. The SMILES string of the molecule is CCNC(=NCCCCN1CCC(C)CC1)N1CCC(C)C(n2ccnc2)C1. The Hall–Kier alpha value is -1.56. The van der Waals surface area contributed by atoms with Crippen LogP contribution in [0.4, 0.5) is 0 Å². The zero-order chi connectivity index (χ0) is 19.8. The van der Waals surface area contributed by atoms with E-state index in [1.54, 1.807) is 0 Å². The van der Waals surface area contributed by atoms with E-state index in [9.17, 15) is 0 Å². The van der Waals surface area contributed by atoms with Crippen molar-refractivity contribution in [2.24, 2.45) is 16.8 Å². The highest BCUT2D eigenvalue weighted by Crippen LogP contribution is 2.27. The lowest BCUT2D eigenvalue weighted by atomic mass is 9.93. The van der Waals surface area contributed by atoms with Gasteiger partial charge in [-0.25, -0.2) is 4.98 Å². The number of unbranched alkanes of at least 4 members (excludes halogenated alkanes) is 1. The zero-order valence-electron chi connectivity index (χ0n) is 18.2. The molecule has 0 radical (unpaired) electrons.